The molecule has 0 aliphatic carbocycles. The highest BCUT2D eigenvalue weighted by Crippen LogP contribution is 2.02. The van der Waals surface area contributed by atoms with Crippen molar-refractivity contribution in [2.75, 3.05) is 0 Å². The second kappa shape index (κ2) is 5.01. The second-order valence-corrected chi connectivity index (χ2v) is 3.79. The molecule has 2 aromatic rings. The number of benzene rings is 1. The summed E-state index contributed by atoms with van der Waals surface area (Å²) >= 11 is 5.05. The van der Waals surface area contributed by atoms with Crippen molar-refractivity contribution in [2.24, 2.45) is 5.10 Å². The first-order chi connectivity index (χ1) is 8.20. The summed E-state index contributed by atoms with van der Waals surface area (Å²) in [6.07, 6.45) is 2.35. The smallest absolute Gasteiger partial charge is 0.216 e. The summed E-state index contributed by atoms with van der Waals surface area (Å²) in [5, 5.41) is 10.9. The van der Waals surface area contributed by atoms with Crippen molar-refractivity contribution in [1.82, 2.24) is 14.9 Å². The average Bonchev–Trinajstić information content (AvgIpc) is 2.69. The first-order valence-electron chi connectivity index (χ1n) is 5.17. The minimum Gasteiger partial charge on any atom is -0.250 e. The van der Waals surface area contributed by atoms with E-state index in [1.807, 2.05) is 6.92 Å². The quantitative estimate of drug-likeness (QED) is 0.672. The maximum absolute atomic E-state index is 12.7. The van der Waals surface area contributed by atoms with Gasteiger partial charge in [-0.3, -0.25) is 5.10 Å². The summed E-state index contributed by atoms with van der Waals surface area (Å²) < 4.78 is 14.7. The van der Waals surface area contributed by atoms with E-state index in [9.17, 15) is 4.39 Å². The predicted octanol–water partition coefficient (Wildman–Crippen LogP) is 2.52. The van der Waals surface area contributed by atoms with Gasteiger partial charge in [0.2, 0.25) is 4.77 Å². The normalized spacial score (nSPS) is 11.2. The molecular formula is C11H11FN4S. The van der Waals surface area contributed by atoms with Crippen molar-refractivity contribution in [2.45, 2.75) is 13.3 Å². The molecule has 0 aliphatic rings. The molecule has 0 amide bonds. The van der Waals surface area contributed by atoms with Crippen LogP contribution in [-0.2, 0) is 6.42 Å². The minimum atomic E-state index is -0.267. The molecule has 0 bridgehead atoms. The van der Waals surface area contributed by atoms with Gasteiger partial charge in [-0.15, -0.1) is 0 Å². The Morgan fingerprint density at radius 3 is 2.82 bits per heavy atom. The number of nitrogens with one attached hydrogen (secondary N) is 1. The molecule has 0 fully saturated rings. The van der Waals surface area contributed by atoms with E-state index in [1.54, 1.807) is 23.0 Å². The van der Waals surface area contributed by atoms with Gasteiger partial charge in [0, 0.05) is 6.42 Å². The Labute approximate surface area is 103 Å². The van der Waals surface area contributed by atoms with E-state index in [2.05, 4.69) is 15.3 Å². The zero-order chi connectivity index (χ0) is 12.3. The van der Waals surface area contributed by atoms with Crippen LogP contribution in [0.15, 0.2) is 29.4 Å². The van der Waals surface area contributed by atoms with E-state index in [0.717, 1.165) is 17.8 Å². The maximum atomic E-state index is 12.7. The van der Waals surface area contributed by atoms with Crippen molar-refractivity contribution in [1.29, 1.82) is 0 Å². The van der Waals surface area contributed by atoms with Crippen LogP contribution < -0.4 is 0 Å². The number of aryl methyl sites for hydroxylation is 1. The minimum absolute atomic E-state index is 0.267. The van der Waals surface area contributed by atoms with Gasteiger partial charge in [-0.1, -0.05) is 19.1 Å². The number of aromatic nitrogens is 3. The number of halogens is 1. The third-order valence-electron chi connectivity index (χ3n) is 2.23. The first-order valence-corrected chi connectivity index (χ1v) is 5.57. The van der Waals surface area contributed by atoms with E-state index in [4.69, 9.17) is 12.2 Å². The Bertz CT molecular complexity index is 582. The summed E-state index contributed by atoms with van der Waals surface area (Å²) in [5.41, 5.74) is 0.802. The van der Waals surface area contributed by atoms with Gasteiger partial charge in [0.25, 0.3) is 0 Å². The Kier molecular flexibility index (Phi) is 3.43. The molecule has 1 N–H and O–H groups in total. The summed E-state index contributed by atoms with van der Waals surface area (Å²) in [7, 11) is 0. The van der Waals surface area contributed by atoms with Gasteiger partial charge in [0.05, 0.1) is 6.21 Å². The third-order valence-corrected chi connectivity index (χ3v) is 2.49. The highest BCUT2D eigenvalue weighted by molar-refractivity contribution is 7.71. The summed E-state index contributed by atoms with van der Waals surface area (Å²) in [4.78, 5) is 0. The Morgan fingerprint density at radius 2 is 2.18 bits per heavy atom. The van der Waals surface area contributed by atoms with Gasteiger partial charge in [0.1, 0.15) is 5.82 Å². The molecule has 1 heterocycles. The fraction of sp³-hybridized carbons (Fsp3) is 0.182. The SMILES string of the molecule is CCc1n[nH]c(=S)n1/N=C/c1ccc(F)cc1. The van der Waals surface area contributed by atoms with Crippen LogP contribution in [0.25, 0.3) is 0 Å². The summed E-state index contributed by atoms with van der Waals surface area (Å²) in [6, 6.07) is 6.07. The van der Waals surface area contributed by atoms with Crippen molar-refractivity contribution >= 4 is 18.4 Å². The lowest BCUT2D eigenvalue weighted by molar-refractivity contribution is 0.628. The summed E-state index contributed by atoms with van der Waals surface area (Å²) in [5.74, 6) is 0.490. The van der Waals surface area contributed by atoms with Crippen LogP contribution in [0.2, 0.25) is 0 Å². The van der Waals surface area contributed by atoms with E-state index in [0.29, 0.717) is 4.77 Å². The summed E-state index contributed by atoms with van der Waals surface area (Å²) in [6.45, 7) is 1.97. The lowest BCUT2D eigenvalue weighted by Crippen LogP contribution is -1.97. The molecule has 0 saturated carbocycles. The van der Waals surface area contributed by atoms with Crippen LogP contribution in [0.3, 0.4) is 0 Å². The van der Waals surface area contributed by atoms with Crippen molar-refractivity contribution < 1.29 is 4.39 Å². The Morgan fingerprint density at radius 1 is 1.47 bits per heavy atom. The van der Waals surface area contributed by atoms with Gasteiger partial charge in [0.15, 0.2) is 5.82 Å². The third kappa shape index (κ3) is 2.65. The van der Waals surface area contributed by atoms with Gasteiger partial charge >= 0.3 is 0 Å². The number of hydrogen-bond donors (Lipinski definition) is 1. The molecule has 1 aromatic heterocycles. The van der Waals surface area contributed by atoms with Gasteiger partial charge in [-0.2, -0.15) is 14.9 Å². The lowest BCUT2D eigenvalue weighted by atomic mass is 10.2. The molecular weight excluding hydrogens is 239 g/mol. The van der Waals surface area contributed by atoms with Crippen LogP contribution in [0, 0.1) is 10.6 Å². The largest absolute Gasteiger partial charge is 0.250 e. The highest BCUT2D eigenvalue weighted by atomic mass is 32.1. The van der Waals surface area contributed by atoms with Crippen LogP contribution in [0.4, 0.5) is 4.39 Å². The molecule has 0 aliphatic heterocycles. The second-order valence-electron chi connectivity index (χ2n) is 3.41. The van der Waals surface area contributed by atoms with Gasteiger partial charge in [-0.05, 0) is 29.9 Å². The molecule has 2 rings (SSSR count). The zero-order valence-electron chi connectivity index (χ0n) is 9.22. The van der Waals surface area contributed by atoms with E-state index < -0.39 is 0 Å². The monoisotopic (exact) mass is 250 g/mol. The molecule has 88 valence electrons. The predicted molar refractivity (Wildman–Crippen MR) is 66.2 cm³/mol. The first kappa shape index (κ1) is 11.7. The number of nitrogens with zero attached hydrogens (tertiary/aromatic N) is 3. The number of rotatable bonds is 3. The molecule has 1 aromatic carbocycles. The molecule has 4 nitrogen and oxygen atoms in total. The zero-order valence-corrected chi connectivity index (χ0v) is 10.0. The van der Waals surface area contributed by atoms with Crippen LogP contribution in [-0.4, -0.2) is 21.1 Å². The van der Waals surface area contributed by atoms with Crippen LogP contribution >= 0.6 is 12.2 Å². The molecule has 0 atom stereocenters. The fourth-order valence-electron chi connectivity index (χ4n) is 1.35. The van der Waals surface area contributed by atoms with Crippen LogP contribution in [0.1, 0.15) is 18.3 Å². The Balaban J connectivity index is 2.28. The molecule has 0 spiro atoms. The maximum Gasteiger partial charge on any atom is 0.216 e. The molecule has 0 unspecified atom stereocenters. The standard InChI is InChI=1S/C11H11FN4S/c1-2-10-14-15-11(17)16(10)13-7-8-3-5-9(12)6-4-8/h3-7H,2H2,1H3,(H,15,17)/b13-7+. The van der Waals surface area contributed by atoms with Gasteiger partial charge < -0.3 is 0 Å². The number of H-pyrrole nitrogens is 1. The molecule has 0 saturated heterocycles. The molecule has 17 heavy (non-hydrogen) atoms. The number of hydrogen-bond acceptors (Lipinski definition) is 3. The molecule has 0 radical (unpaired) electrons. The molecule has 6 heteroatoms. The van der Waals surface area contributed by atoms with Crippen LogP contribution in [0.5, 0.6) is 0 Å². The van der Waals surface area contributed by atoms with Gasteiger partial charge in [-0.25, -0.2) is 4.39 Å². The highest BCUT2D eigenvalue weighted by Gasteiger charge is 2.00. The average molecular weight is 250 g/mol. The van der Waals surface area contributed by atoms with Crippen molar-refractivity contribution in [3.05, 3.63) is 46.2 Å². The van der Waals surface area contributed by atoms with E-state index >= 15 is 0 Å². The lowest BCUT2D eigenvalue weighted by Gasteiger charge is -1.96. The Hall–Kier alpha value is -1.82. The fourth-order valence-corrected chi connectivity index (χ4v) is 1.54. The van der Waals surface area contributed by atoms with E-state index in [-0.39, 0.29) is 5.82 Å². The topological polar surface area (TPSA) is 46.0 Å². The van der Waals surface area contributed by atoms with E-state index in [1.165, 1.54) is 12.1 Å². The van der Waals surface area contributed by atoms with Crippen molar-refractivity contribution in [3.63, 3.8) is 0 Å². The number of aromatic amines is 1. The van der Waals surface area contributed by atoms with Crippen molar-refractivity contribution in [3.8, 4) is 0 Å².